The molecule has 0 radical (unpaired) electrons. The van der Waals surface area contributed by atoms with E-state index in [0.717, 1.165) is 41.4 Å². The van der Waals surface area contributed by atoms with Crippen LogP contribution in [0.15, 0.2) is 53.6 Å². The topological polar surface area (TPSA) is 62.6 Å². The number of nitrogens with zero attached hydrogens (tertiary/aromatic N) is 3. The molecule has 1 saturated heterocycles. The van der Waals surface area contributed by atoms with Gasteiger partial charge in [-0.2, -0.15) is 4.31 Å². The number of sulfonamides is 1. The first-order chi connectivity index (χ1) is 14.5. The number of amides is 1. The van der Waals surface area contributed by atoms with Crippen LogP contribution in [0.3, 0.4) is 0 Å². The van der Waals surface area contributed by atoms with Gasteiger partial charge in [0.15, 0.2) is 0 Å². The Morgan fingerprint density at radius 3 is 2.53 bits per heavy atom. The average molecular weight is 424 g/mol. The van der Waals surface area contributed by atoms with E-state index < -0.39 is 10.0 Å². The van der Waals surface area contributed by atoms with Gasteiger partial charge < -0.3 is 9.47 Å². The normalized spacial score (nSPS) is 17.4. The Morgan fingerprint density at radius 2 is 1.73 bits per heavy atom. The Bertz CT molecular complexity index is 1240. The molecule has 0 spiro atoms. The highest BCUT2D eigenvalue weighted by molar-refractivity contribution is 7.89. The van der Waals surface area contributed by atoms with E-state index in [0.29, 0.717) is 36.5 Å². The highest BCUT2D eigenvalue weighted by Crippen LogP contribution is 2.34. The summed E-state index contributed by atoms with van der Waals surface area (Å²) in [5.74, 6) is -0.0443. The molecule has 7 heteroatoms. The Balaban J connectivity index is 1.47. The quantitative estimate of drug-likeness (QED) is 0.647. The largest absolute Gasteiger partial charge is 0.350 e. The molecule has 30 heavy (non-hydrogen) atoms. The van der Waals surface area contributed by atoms with E-state index >= 15 is 0 Å². The molecule has 2 aromatic carbocycles. The summed E-state index contributed by atoms with van der Waals surface area (Å²) in [6, 6.07) is 13.1. The summed E-state index contributed by atoms with van der Waals surface area (Å²) in [6.07, 6.45) is 5.45. The molecule has 1 fully saturated rings. The highest BCUT2D eigenvalue weighted by Gasteiger charge is 2.31. The van der Waals surface area contributed by atoms with Crippen LogP contribution in [-0.4, -0.2) is 42.8 Å². The first kappa shape index (κ1) is 19.3. The van der Waals surface area contributed by atoms with Gasteiger partial charge in [-0.1, -0.05) is 24.6 Å². The predicted octanol–water partition coefficient (Wildman–Crippen LogP) is 3.56. The number of fused-ring (bicyclic) bond motifs is 2. The van der Waals surface area contributed by atoms with Crippen molar-refractivity contribution in [3.8, 4) is 0 Å². The number of carbonyl (C=O) groups excluding carboxylic acids is 1. The van der Waals surface area contributed by atoms with Gasteiger partial charge in [0.1, 0.15) is 0 Å². The van der Waals surface area contributed by atoms with Gasteiger partial charge in [0.2, 0.25) is 10.0 Å². The molecule has 6 nitrogen and oxygen atoms in total. The summed E-state index contributed by atoms with van der Waals surface area (Å²) in [5, 5.41) is 0.933. The third kappa shape index (κ3) is 3.04. The summed E-state index contributed by atoms with van der Waals surface area (Å²) in [5.41, 5.74) is 3.42. The van der Waals surface area contributed by atoms with Crippen molar-refractivity contribution in [2.24, 2.45) is 7.05 Å². The van der Waals surface area contributed by atoms with E-state index in [4.69, 9.17) is 0 Å². The van der Waals surface area contributed by atoms with Crippen molar-refractivity contribution in [3.63, 3.8) is 0 Å². The molecule has 2 aliphatic heterocycles. The summed E-state index contributed by atoms with van der Waals surface area (Å²) >= 11 is 0. The van der Waals surface area contributed by atoms with Gasteiger partial charge in [-0.25, -0.2) is 8.42 Å². The lowest BCUT2D eigenvalue weighted by Gasteiger charge is -2.26. The van der Waals surface area contributed by atoms with Gasteiger partial charge in [-0.15, -0.1) is 0 Å². The molecule has 0 bridgehead atoms. The Labute approximate surface area is 176 Å². The highest BCUT2D eigenvalue weighted by atomic mass is 32.2. The van der Waals surface area contributed by atoms with Crippen LogP contribution in [0.2, 0.25) is 0 Å². The molecule has 1 amide bonds. The van der Waals surface area contributed by atoms with Crippen LogP contribution >= 0.6 is 0 Å². The lowest BCUT2D eigenvalue weighted by atomic mass is 10.1. The summed E-state index contributed by atoms with van der Waals surface area (Å²) in [6.45, 7) is 1.74. The molecule has 1 aromatic heterocycles. The number of anilines is 1. The number of rotatable bonds is 3. The van der Waals surface area contributed by atoms with E-state index in [-0.39, 0.29) is 5.91 Å². The Morgan fingerprint density at radius 1 is 0.967 bits per heavy atom. The lowest BCUT2D eigenvalue weighted by molar-refractivity contribution is 0.0991. The second-order valence-electron chi connectivity index (χ2n) is 8.13. The zero-order chi connectivity index (χ0) is 20.9. The molecule has 0 saturated carbocycles. The minimum Gasteiger partial charge on any atom is -0.350 e. The average Bonchev–Trinajstić information content (AvgIpc) is 3.35. The van der Waals surface area contributed by atoms with Crippen molar-refractivity contribution in [1.82, 2.24) is 8.87 Å². The van der Waals surface area contributed by atoms with Crippen LogP contribution in [0.1, 0.15) is 35.2 Å². The fraction of sp³-hybridized carbons (Fsp3) is 0.348. The molecule has 156 valence electrons. The van der Waals surface area contributed by atoms with E-state index in [9.17, 15) is 13.2 Å². The summed E-state index contributed by atoms with van der Waals surface area (Å²) in [4.78, 5) is 15.5. The molecule has 3 heterocycles. The van der Waals surface area contributed by atoms with Crippen LogP contribution in [0, 0.1) is 0 Å². The van der Waals surface area contributed by atoms with Crippen molar-refractivity contribution in [1.29, 1.82) is 0 Å². The minimum absolute atomic E-state index is 0.0443. The second kappa shape index (κ2) is 7.25. The number of hydrogen-bond acceptors (Lipinski definition) is 3. The van der Waals surface area contributed by atoms with Gasteiger partial charge in [0.05, 0.1) is 10.5 Å². The number of hydrogen-bond donors (Lipinski definition) is 0. The maximum Gasteiger partial charge on any atom is 0.260 e. The Kier molecular flexibility index (Phi) is 4.67. The molecule has 3 aromatic rings. The third-order valence-corrected chi connectivity index (χ3v) is 8.17. The zero-order valence-corrected chi connectivity index (χ0v) is 17.9. The summed E-state index contributed by atoms with van der Waals surface area (Å²) in [7, 11) is -1.53. The molecule has 0 aliphatic carbocycles. The molecule has 2 aliphatic rings. The molecular formula is C23H25N3O3S. The van der Waals surface area contributed by atoms with Crippen molar-refractivity contribution >= 4 is 32.5 Å². The van der Waals surface area contributed by atoms with Gasteiger partial charge in [-0.05, 0) is 49.1 Å². The number of piperidine rings is 1. The maximum atomic E-state index is 13.4. The van der Waals surface area contributed by atoms with Gasteiger partial charge in [0, 0.05) is 49.5 Å². The van der Waals surface area contributed by atoms with Crippen LogP contribution in [0.4, 0.5) is 5.69 Å². The number of para-hydroxylation sites is 1. The van der Waals surface area contributed by atoms with Gasteiger partial charge in [0.25, 0.3) is 5.91 Å². The van der Waals surface area contributed by atoms with Crippen LogP contribution in [-0.2, 0) is 23.5 Å². The molecule has 0 N–H and O–H groups in total. The molecular weight excluding hydrogens is 398 g/mol. The van der Waals surface area contributed by atoms with Crippen molar-refractivity contribution in [2.45, 2.75) is 30.6 Å². The van der Waals surface area contributed by atoms with E-state index in [2.05, 4.69) is 0 Å². The zero-order valence-electron chi connectivity index (χ0n) is 17.0. The van der Waals surface area contributed by atoms with Crippen LogP contribution in [0.5, 0.6) is 0 Å². The molecule has 0 unspecified atom stereocenters. The number of benzene rings is 2. The number of aryl methyl sites for hydroxylation is 1. The molecule has 5 rings (SSSR count). The first-order valence-electron chi connectivity index (χ1n) is 10.5. The maximum absolute atomic E-state index is 13.4. The summed E-state index contributed by atoms with van der Waals surface area (Å²) < 4.78 is 29.6. The predicted molar refractivity (Wildman–Crippen MR) is 117 cm³/mol. The lowest BCUT2D eigenvalue weighted by Crippen LogP contribution is -2.35. The van der Waals surface area contributed by atoms with Crippen LogP contribution in [0.25, 0.3) is 10.9 Å². The Hall–Kier alpha value is -2.64. The van der Waals surface area contributed by atoms with Crippen LogP contribution < -0.4 is 4.90 Å². The smallest absolute Gasteiger partial charge is 0.260 e. The van der Waals surface area contributed by atoms with Crippen molar-refractivity contribution < 1.29 is 13.2 Å². The van der Waals surface area contributed by atoms with E-state index in [1.165, 1.54) is 0 Å². The fourth-order valence-corrected chi connectivity index (χ4v) is 6.23. The molecule has 0 atom stereocenters. The SMILES string of the molecule is Cn1cc(C(=O)N2CCc3cc(S(=O)(=O)N4CCCCC4)ccc32)c2ccccc21. The fourth-order valence-electron chi connectivity index (χ4n) is 4.66. The monoisotopic (exact) mass is 423 g/mol. The minimum atomic E-state index is -3.47. The second-order valence-corrected chi connectivity index (χ2v) is 10.1. The third-order valence-electron chi connectivity index (χ3n) is 6.27. The van der Waals surface area contributed by atoms with Gasteiger partial charge >= 0.3 is 0 Å². The van der Waals surface area contributed by atoms with Crippen molar-refractivity contribution in [3.05, 3.63) is 59.8 Å². The number of aromatic nitrogens is 1. The first-order valence-corrected chi connectivity index (χ1v) is 11.9. The number of carbonyl (C=O) groups is 1. The standard InChI is InChI=1S/C23H25N3O3S/c1-24-16-20(19-7-3-4-8-22(19)24)23(27)26-14-11-17-15-18(9-10-21(17)26)30(28,29)25-12-5-2-6-13-25/h3-4,7-10,15-16H,2,5-6,11-14H2,1H3. The van der Waals surface area contributed by atoms with Crippen molar-refractivity contribution in [2.75, 3.05) is 24.5 Å². The van der Waals surface area contributed by atoms with E-state index in [1.54, 1.807) is 27.4 Å². The van der Waals surface area contributed by atoms with Gasteiger partial charge in [-0.3, -0.25) is 4.79 Å². The van der Waals surface area contributed by atoms with E-state index in [1.807, 2.05) is 42.1 Å².